The third-order valence-electron chi connectivity index (χ3n) is 2.84. The Morgan fingerprint density at radius 2 is 2.12 bits per heavy atom. The van der Waals surface area contributed by atoms with Gasteiger partial charge in [0.1, 0.15) is 0 Å². The number of anilines is 1. The van der Waals surface area contributed by atoms with E-state index in [0.29, 0.717) is 5.69 Å². The number of nitrogens with zero attached hydrogens (tertiary/aromatic N) is 2. The van der Waals surface area contributed by atoms with Gasteiger partial charge in [-0.05, 0) is 31.2 Å². The first-order chi connectivity index (χ1) is 8.25. The van der Waals surface area contributed by atoms with Crippen molar-refractivity contribution in [3.05, 3.63) is 42.4 Å². The molecule has 3 heterocycles. The van der Waals surface area contributed by atoms with Crippen molar-refractivity contribution in [1.29, 1.82) is 0 Å². The molecule has 4 nitrogen and oxygen atoms in total. The van der Waals surface area contributed by atoms with Crippen molar-refractivity contribution in [2.24, 2.45) is 0 Å². The van der Waals surface area contributed by atoms with E-state index >= 15 is 0 Å². The predicted molar refractivity (Wildman–Crippen MR) is 68.5 cm³/mol. The second-order valence-corrected chi connectivity index (χ2v) is 3.97. The van der Waals surface area contributed by atoms with E-state index in [1.165, 1.54) is 0 Å². The minimum Gasteiger partial charge on any atom is -0.397 e. The number of fused-ring (bicyclic) bond motifs is 1. The zero-order valence-electron chi connectivity index (χ0n) is 9.44. The largest absolute Gasteiger partial charge is 0.397 e. The molecule has 0 fully saturated rings. The number of hydrogen-bond acceptors (Lipinski definition) is 3. The van der Waals surface area contributed by atoms with E-state index in [-0.39, 0.29) is 0 Å². The minimum atomic E-state index is 0.710. The summed E-state index contributed by atoms with van der Waals surface area (Å²) in [5, 5.41) is 0. The molecule has 4 heteroatoms. The Balaban J connectivity index is 2.24. The van der Waals surface area contributed by atoms with Crippen molar-refractivity contribution in [3.63, 3.8) is 0 Å². The maximum Gasteiger partial charge on any atom is 0.0972 e. The van der Waals surface area contributed by atoms with Gasteiger partial charge in [-0.1, -0.05) is 0 Å². The zero-order valence-corrected chi connectivity index (χ0v) is 9.44. The molecule has 0 saturated heterocycles. The van der Waals surface area contributed by atoms with E-state index < -0.39 is 0 Å². The molecule has 0 unspecified atom stereocenters. The van der Waals surface area contributed by atoms with Crippen molar-refractivity contribution in [3.8, 4) is 11.3 Å². The van der Waals surface area contributed by atoms with Gasteiger partial charge in [-0.15, -0.1) is 0 Å². The molecule has 3 rings (SSSR count). The summed E-state index contributed by atoms with van der Waals surface area (Å²) in [6.07, 6.45) is 3.71. The van der Waals surface area contributed by atoms with Crippen molar-refractivity contribution in [2.45, 2.75) is 6.92 Å². The molecule has 3 aromatic rings. The summed E-state index contributed by atoms with van der Waals surface area (Å²) >= 11 is 0. The van der Waals surface area contributed by atoms with Gasteiger partial charge in [0.25, 0.3) is 0 Å². The van der Waals surface area contributed by atoms with Crippen molar-refractivity contribution in [1.82, 2.24) is 15.0 Å². The Bertz CT molecular complexity index is 685. The highest BCUT2D eigenvalue weighted by Gasteiger charge is 2.08. The fourth-order valence-electron chi connectivity index (χ4n) is 1.87. The standard InChI is InChI=1S/C13H12N4/c1-8-10(14)4-5-11(17-8)9-7-16-12-3-2-6-15-13(9)12/h2-7,16H,14H2,1H3. The zero-order chi connectivity index (χ0) is 11.8. The number of aryl methyl sites for hydroxylation is 1. The second-order valence-electron chi connectivity index (χ2n) is 3.97. The van der Waals surface area contributed by atoms with Gasteiger partial charge in [0.2, 0.25) is 0 Å². The molecule has 0 saturated carbocycles. The van der Waals surface area contributed by atoms with Gasteiger partial charge in [0, 0.05) is 18.0 Å². The van der Waals surface area contributed by atoms with E-state index in [1.54, 1.807) is 6.20 Å². The molecule has 0 atom stereocenters. The van der Waals surface area contributed by atoms with Crippen LogP contribution in [0.5, 0.6) is 0 Å². The molecule has 0 radical (unpaired) electrons. The number of nitrogens with one attached hydrogen (secondary N) is 1. The molecule has 0 spiro atoms. The Morgan fingerprint density at radius 1 is 1.24 bits per heavy atom. The Labute approximate surface area is 98.5 Å². The molecule has 17 heavy (non-hydrogen) atoms. The van der Waals surface area contributed by atoms with Crippen LogP contribution in [-0.4, -0.2) is 15.0 Å². The summed E-state index contributed by atoms with van der Waals surface area (Å²) < 4.78 is 0. The first-order valence-electron chi connectivity index (χ1n) is 5.41. The lowest BCUT2D eigenvalue weighted by Gasteiger charge is -2.02. The van der Waals surface area contributed by atoms with E-state index in [0.717, 1.165) is 28.0 Å². The minimum absolute atomic E-state index is 0.710. The van der Waals surface area contributed by atoms with Gasteiger partial charge < -0.3 is 10.7 Å². The van der Waals surface area contributed by atoms with Crippen LogP contribution < -0.4 is 5.73 Å². The van der Waals surface area contributed by atoms with Crippen LogP contribution in [0.15, 0.2) is 36.7 Å². The quantitative estimate of drug-likeness (QED) is 0.667. The summed E-state index contributed by atoms with van der Waals surface area (Å²) in [7, 11) is 0. The number of nitrogen functional groups attached to an aromatic ring is 1. The third kappa shape index (κ3) is 1.54. The number of aromatic amines is 1. The molecule has 0 aliphatic rings. The first-order valence-corrected chi connectivity index (χ1v) is 5.41. The number of nitrogens with two attached hydrogens (primary N) is 1. The van der Waals surface area contributed by atoms with Crippen LogP contribution in [-0.2, 0) is 0 Å². The number of H-pyrrole nitrogens is 1. The van der Waals surface area contributed by atoms with Gasteiger partial charge in [-0.2, -0.15) is 0 Å². The summed E-state index contributed by atoms with van der Waals surface area (Å²) in [5.41, 5.74) is 11.2. The fourth-order valence-corrected chi connectivity index (χ4v) is 1.87. The van der Waals surface area contributed by atoms with Crippen LogP contribution in [0.1, 0.15) is 5.69 Å². The molecule has 0 aliphatic carbocycles. The van der Waals surface area contributed by atoms with Crippen molar-refractivity contribution in [2.75, 3.05) is 5.73 Å². The third-order valence-corrected chi connectivity index (χ3v) is 2.84. The fraction of sp³-hybridized carbons (Fsp3) is 0.0769. The van der Waals surface area contributed by atoms with Crippen molar-refractivity contribution >= 4 is 16.7 Å². The van der Waals surface area contributed by atoms with Crippen LogP contribution in [0.2, 0.25) is 0 Å². The summed E-state index contributed by atoms with van der Waals surface area (Å²) in [6, 6.07) is 7.69. The highest BCUT2D eigenvalue weighted by atomic mass is 14.8. The molecular formula is C13H12N4. The summed E-state index contributed by atoms with van der Waals surface area (Å²) in [6.45, 7) is 1.90. The van der Waals surface area contributed by atoms with E-state index in [1.807, 2.05) is 37.4 Å². The molecular weight excluding hydrogens is 212 g/mol. The molecule has 3 N–H and O–H groups in total. The number of hydrogen-bond donors (Lipinski definition) is 2. The van der Waals surface area contributed by atoms with Crippen LogP contribution >= 0.6 is 0 Å². The first kappa shape index (κ1) is 9.84. The maximum absolute atomic E-state index is 5.77. The van der Waals surface area contributed by atoms with Crippen LogP contribution in [0.25, 0.3) is 22.3 Å². The van der Waals surface area contributed by atoms with Gasteiger partial charge in [-0.25, -0.2) is 0 Å². The van der Waals surface area contributed by atoms with Gasteiger partial charge in [0.05, 0.1) is 28.1 Å². The van der Waals surface area contributed by atoms with Crippen LogP contribution in [0.4, 0.5) is 5.69 Å². The van der Waals surface area contributed by atoms with Crippen LogP contribution in [0.3, 0.4) is 0 Å². The van der Waals surface area contributed by atoms with Gasteiger partial charge in [-0.3, -0.25) is 9.97 Å². The number of rotatable bonds is 1. The average Bonchev–Trinajstić information content (AvgIpc) is 2.76. The molecule has 0 amide bonds. The average molecular weight is 224 g/mol. The molecule has 0 aromatic carbocycles. The lowest BCUT2D eigenvalue weighted by molar-refractivity contribution is 1.21. The highest BCUT2D eigenvalue weighted by Crippen LogP contribution is 2.26. The lowest BCUT2D eigenvalue weighted by atomic mass is 10.1. The SMILES string of the molecule is Cc1nc(-c2c[nH]c3cccnc23)ccc1N. The Hall–Kier alpha value is -2.36. The van der Waals surface area contributed by atoms with E-state index in [2.05, 4.69) is 15.0 Å². The Kier molecular flexibility index (Phi) is 2.08. The van der Waals surface area contributed by atoms with Crippen LogP contribution in [0, 0.1) is 6.92 Å². The van der Waals surface area contributed by atoms with Gasteiger partial charge >= 0.3 is 0 Å². The molecule has 3 aromatic heterocycles. The maximum atomic E-state index is 5.77. The Morgan fingerprint density at radius 3 is 2.94 bits per heavy atom. The number of pyridine rings is 2. The number of aromatic nitrogens is 3. The molecule has 0 bridgehead atoms. The summed E-state index contributed by atoms with van der Waals surface area (Å²) in [5.74, 6) is 0. The highest BCUT2D eigenvalue weighted by molar-refractivity contribution is 5.91. The smallest absolute Gasteiger partial charge is 0.0972 e. The second kappa shape index (κ2) is 3.59. The lowest BCUT2D eigenvalue weighted by Crippen LogP contribution is -1.94. The summed E-state index contributed by atoms with van der Waals surface area (Å²) in [4.78, 5) is 12.0. The monoisotopic (exact) mass is 224 g/mol. The van der Waals surface area contributed by atoms with Crippen molar-refractivity contribution < 1.29 is 0 Å². The normalized spacial score (nSPS) is 10.9. The van der Waals surface area contributed by atoms with E-state index in [9.17, 15) is 0 Å². The molecule has 84 valence electrons. The van der Waals surface area contributed by atoms with E-state index in [4.69, 9.17) is 5.73 Å². The predicted octanol–water partition coefficient (Wildman–Crippen LogP) is 2.52. The molecule has 0 aliphatic heterocycles. The topological polar surface area (TPSA) is 67.6 Å². The van der Waals surface area contributed by atoms with Gasteiger partial charge in [0.15, 0.2) is 0 Å².